The molecule has 0 aliphatic carbocycles. The van der Waals surface area contributed by atoms with E-state index in [0.717, 1.165) is 5.56 Å². The van der Waals surface area contributed by atoms with Crippen molar-refractivity contribution in [2.24, 2.45) is 4.99 Å². The normalized spacial score (nSPS) is 16.1. The number of halogens is 1. The maximum absolute atomic E-state index is 11.2. The van der Waals surface area contributed by atoms with Crippen molar-refractivity contribution in [2.75, 3.05) is 6.54 Å². The summed E-state index contributed by atoms with van der Waals surface area (Å²) in [5.41, 5.74) is 1.48. The van der Waals surface area contributed by atoms with Crippen molar-refractivity contribution in [1.82, 2.24) is 10.2 Å². The van der Waals surface area contributed by atoms with E-state index >= 15 is 0 Å². The Hall–Kier alpha value is -2.15. The van der Waals surface area contributed by atoms with Crippen LogP contribution in [0.2, 0.25) is 0 Å². The van der Waals surface area contributed by atoms with Crippen molar-refractivity contribution < 1.29 is 9.72 Å². The number of rotatable bonds is 1. The summed E-state index contributed by atoms with van der Waals surface area (Å²) in [6.07, 6.45) is 0. The van der Waals surface area contributed by atoms with Crippen LogP contribution in [0.1, 0.15) is 5.56 Å². The fourth-order valence-electron chi connectivity index (χ4n) is 1.96. The van der Waals surface area contributed by atoms with E-state index in [9.17, 15) is 14.9 Å². The molecule has 1 amide bonds. The summed E-state index contributed by atoms with van der Waals surface area (Å²) in [7, 11) is 0. The summed E-state index contributed by atoms with van der Waals surface area (Å²) < 4.78 is 0. The van der Waals surface area contributed by atoms with E-state index in [4.69, 9.17) is 0 Å². The van der Waals surface area contributed by atoms with Crippen LogP contribution in [0.15, 0.2) is 23.2 Å². The molecular formula is C10H9ClN4O3. The van der Waals surface area contributed by atoms with E-state index in [1.165, 1.54) is 12.1 Å². The molecule has 0 aromatic heterocycles. The number of nitrogens with zero attached hydrogens (tertiary/aromatic N) is 3. The number of aliphatic imine (C=N–C) groups is 1. The largest absolute Gasteiger partial charge is 0.329 e. The fraction of sp³-hybridized carbons (Fsp3) is 0.200. The molecule has 94 valence electrons. The highest BCUT2D eigenvalue weighted by Gasteiger charge is 2.29. The van der Waals surface area contributed by atoms with Crippen LogP contribution in [-0.2, 0) is 11.3 Å². The van der Waals surface area contributed by atoms with Crippen molar-refractivity contribution in [3.8, 4) is 0 Å². The second-order valence-corrected chi connectivity index (χ2v) is 3.91. The molecule has 0 radical (unpaired) electrons. The Labute approximate surface area is 108 Å². The predicted molar refractivity (Wildman–Crippen MR) is 66.0 cm³/mol. The summed E-state index contributed by atoms with van der Waals surface area (Å²) in [5.74, 6) is 0.419. The van der Waals surface area contributed by atoms with Crippen LogP contribution in [0.5, 0.6) is 0 Å². The molecule has 7 nitrogen and oxygen atoms in total. The minimum atomic E-state index is -0.438. The van der Waals surface area contributed by atoms with Gasteiger partial charge in [-0.15, -0.1) is 12.4 Å². The average Bonchev–Trinajstić information content (AvgIpc) is 2.63. The lowest BCUT2D eigenvalue weighted by molar-refractivity contribution is -0.384. The quantitative estimate of drug-likeness (QED) is 0.607. The maximum Gasteiger partial charge on any atom is 0.269 e. The van der Waals surface area contributed by atoms with E-state index in [1.807, 2.05) is 0 Å². The predicted octanol–water partition coefficient (Wildman–Crippen LogP) is 0.949. The van der Waals surface area contributed by atoms with Crippen LogP contribution in [0.4, 0.5) is 11.4 Å². The maximum atomic E-state index is 11.2. The minimum Gasteiger partial charge on any atom is -0.329 e. The van der Waals surface area contributed by atoms with Gasteiger partial charge in [-0.2, -0.15) is 0 Å². The summed E-state index contributed by atoms with van der Waals surface area (Å²) in [6, 6.07) is 4.51. The Morgan fingerprint density at radius 2 is 2.17 bits per heavy atom. The van der Waals surface area contributed by atoms with Gasteiger partial charge in [0.2, 0.25) is 11.9 Å². The lowest BCUT2D eigenvalue weighted by atomic mass is 10.1. The van der Waals surface area contributed by atoms with Gasteiger partial charge in [-0.05, 0) is 6.07 Å². The van der Waals surface area contributed by atoms with Crippen molar-refractivity contribution in [2.45, 2.75) is 6.54 Å². The Morgan fingerprint density at radius 3 is 2.89 bits per heavy atom. The second-order valence-electron chi connectivity index (χ2n) is 3.91. The number of nitro groups is 1. The van der Waals surface area contributed by atoms with Gasteiger partial charge in [0.25, 0.3) is 5.69 Å². The molecule has 2 aliphatic rings. The molecule has 2 aliphatic heterocycles. The van der Waals surface area contributed by atoms with E-state index in [-0.39, 0.29) is 30.5 Å². The molecule has 0 unspecified atom stereocenters. The summed E-state index contributed by atoms with van der Waals surface area (Å²) in [5, 5.41) is 13.3. The molecule has 0 bridgehead atoms. The van der Waals surface area contributed by atoms with Crippen LogP contribution in [0.25, 0.3) is 0 Å². The van der Waals surface area contributed by atoms with Gasteiger partial charge in [0.05, 0.1) is 10.6 Å². The monoisotopic (exact) mass is 268 g/mol. The van der Waals surface area contributed by atoms with E-state index in [0.29, 0.717) is 18.2 Å². The highest BCUT2D eigenvalue weighted by Crippen LogP contribution is 2.30. The number of hydrogen-bond donors (Lipinski definition) is 1. The molecule has 2 heterocycles. The number of nitrogens with one attached hydrogen (secondary N) is 1. The summed E-state index contributed by atoms with van der Waals surface area (Å²) in [4.78, 5) is 27.4. The molecule has 8 heteroatoms. The van der Waals surface area contributed by atoms with Gasteiger partial charge >= 0.3 is 0 Å². The number of carbonyl (C=O) groups is 1. The van der Waals surface area contributed by atoms with Crippen LogP contribution >= 0.6 is 12.4 Å². The standard InChI is InChI=1S/C10H8N4O3.ClH/c15-9-5-13-4-6-3-7(14(16)17)1-2-8(6)11-10(13)12-9;/h1-3H,4-5H2,(H,11,12,15);1H. The molecule has 1 fully saturated rings. The Kier molecular flexibility index (Phi) is 2.92. The number of hydrogen-bond acceptors (Lipinski definition) is 5. The van der Waals surface area contributed by atoms with Gasteiger partial charge in [0.1, 0.15) is 6.54 Å². The Balaban J connectivity index is 0.00000120. The number of carbonyl (C=O) groups excluding carboxylic acids is 1. The molecule has 1 N–H and O–H groups in total. The smallest absolute Gasteiger partial charge is 0.269 e. The van der Waals surface area contributed by atoms with Gasteiger partial charge in [0.15, 0.2) is 0 Å². The molecule has 1 aromatic carbocycles. The van der Waals surface area contributed by atoms with Crippen molar-refractivity contribution >= 4 is 35.6 Å². The SMILES string of the molecule is Cl.O=C1CN2Cc3cc([N+](=O)[O-])ccc3N=C2N1. The third-order valence-electron chi connectivity index (χ3n) is 2.75. The van der Waals surface area contributed by atoms with Gasteiger partial charge in [0, 0.05) is 24.2 Å². The first kappa shape index (κ1) is 12.3. The Morgan fingerprint density at radius 1 is 1.39 bits per heavy atom. The second kappa shape index (κ2) is 4.26. The van der Waals surface area contributed by atoms with Gasteiger partial charge in [-0.1, -0.05) is 0 Å². The zero-order valence-electron chi connectivity index (χ0n) is 9.12. The number of amides is 1. The first-order chi connectivity index (χ1) is 8.13. The number of fused-ring (bicyclic) bond motifs is 2. The average molecular weight is 269 g/mol. The number of benzene rings is 1. The molecular weight excluding hydrogens is 260 g/mol. The molecule has 18 heavy (non-hydrogen) atoms. The molecule has 0 spiro atoms. The lowest BCUT2D eigenvalue weighted by Gasteiger charge is -2.22. The Bertz CT molecular complexity index is 572. The minimum absolute atomic E-state index is 0. The molecule has 0 saturated carbocycles. The van der Waals surface area contributed by atoms with Crippen LogP contribution in [-0.4, -0.2) is 28.2 Å². The number of guanidine groups is 1. The van der Waals surface area contributed by atoms with E-state index in [1.54, 1.807) is 11.0 Å². The third-order valence-corrected chi connectivity index (χ3v) is 2.75. The summed E-state index contributed by atoms with van der Waals surface area (Å²) in [6.45, 7) is 0.718. The van der Waals surface area contributed by atoms with Crippen molar-refractivity contribution in [3.63, 3.8) is 0 Å². The first-order valence-corrected chi connectivity index (χ1v) is 5.04. The zero-order chi connectivity index (χ0) is 12.0. The van der Waals surface area contributed by atoms with E-state index < -0.39 is 4.92 Å². The lowest BCUT2D eigenvalue weighted by Crippen LogP contribution is -2.32. The van der Waals surface area contributed by atoms with Gasteiger partial charge < -0.3 is 4.90 Å². The number of nitro benzene ring substituents is 1. The fourth-order valence-corrected chi connectivity index (χ4v) is 1.96. The highest BCUT2D eigenvalue weighted by molar-refractivity contribution is 6.05. The molecule has 3 rings (SSSR count). The van der Waals surface area contributed by atoms with Crippen LogP contribution in [0.3, 0.4) is 0 Å². The molecule has 0 atom stereocenters. The number of non-ortho nitro benzene ring substituents is 1. The van der Waals surface area contributed by atoms with Crippen LogP contribution < -0.4 is 5.32 Å². The van der Waals surface area contributed by atoms with Crippen molar-refractivity contribution in [3.05, 3.63) is 33.9 Å². The topological polar surface area (TPSA) is 87.8 Å². The van der Waals surface area contributed by atoms with Crippen LogP contribution in [0, 0.1) is 10.1 Å². The third kappa shape index (κ3) is 1.88. The molecule has 1 aromatic rings. The van der Waals surface area contributed by atoms with Gasteiger partial charge in [-0.25, -0.2) is 4.99 Å². The highest BCUT2D eigenvalue weighted by atomic mass is 35.5. The van der Waals surface area contributed by atoms with Gasteiger partial charge in [-0.3, -0.25) is 20.2 Å². The van der Waals surface area contributed by atoms with E-state index in [2.05, 4.69) is 10.3 Å². The molecule has 1 saturated heterocycles. The summed E-state index contributed by atoms with van der Waals surface area (Å²) >= 11 is 0. The van der Waals surface area contributed by atoms with Crippen molar-refractivity contribution in [1.29, 1.82) is 0 Å². The zero-order valence-corrected chi connectivity index (χ0v) is 9.94. The first-order valence-electron chi connectivity index (χ1n) is 5.04.